The number of benzene rings is 1. The molecule has 2 aliphatic carbocycles. The Bertz CT molecular complexity index is 694. The van der Waals surface area contributed by atoms with Crippen LogP contribution in [0.4, 0.5) is 0 Å². The second kappa shape index (κ2) is 7.69. The van der Waals surface area contributed by atoms with Gasteiger partial charge in [0.05, 0.1) is 24.7 Å². The van der Waals surface area contributed by atoms with Gasteiger partial charge in [-0.05, 0) is 49.7 Å². The van der Waals surface area contributed by atoms with Crippen LogP contribution in [-0.4, -0.2) is 28.2 Å². The first-order chi connectivity index (χ1) is 11.6. The van der Waals surface area contributed by atoms with Crippen molar-refractivity contribution in [2.24, 2.45) is 17.8 Å². The summed E-state index contributed by atoms with van der Waals surface area (Å²) in [6.45, 7) is 2.97. The van der Waals surface area contributed by atoms with Crippen molar-refractivity contribution in [1.82, 2.24) is 0 Å². The Morgan fingerprint density at radius 2 is 1.67 bits per heavy atom. The van der Waals surface area contributed by atoms with Crippen LogP contribution in [0.25, 0.3) is 0 Å². The topological polar surface area (TPSA) is 52.6 Å². The Hall–Kier alpha value is -1.35. The maximum absolute atomic E-state index is 12.0. The molecule has 130 valence electrons. The quantitative estimate of drug-likeness (QED) is 0.431. The van der Waals surface area contributed by atoms with Crippen LogP contribution in [0.5, 0.6) is 0 Å². The van der Waals surface area contributed by atoms with Gasteiger partial charge in [-0.15, -0.1) is 11.8 Å². The molecule has 1 fully saturated rings. The lowest BCUT2D eigenvalue weighted by atomic mass is 10.1. The maximum atomic E-state index is 12.0. The highest BCUT2D eigenvalue weighted by molar-refractivity contribution is 7.86. The van der Waals surface area contributed by atoms with E-state index in [1.165, 1.54) is 12.8 Å². The highest BCUT2D eigenvalue weighted by atomic mass is 32.2. The molecule has 1 aromatic rings. The summed E-state index contributed by atoms with van der Waals surface area (Å²) in [6, 6.07) is 6.65. The molecule has 0 heterocycles. The zero-order valence-electron chi connectivity index (χ0n) is 14.0. The smallest absolute Gasteiger partial charge is 0.297 e. The molecule has 0 amide bonds. The monoisotopic (exact) mass is 348 g/mol. The van der Waals surface area contributed by atoms with E-state index in [9.17, 15) is 8.42 Å². The van der Waals surface area contributed by atoms with Gasteiger partial charge >= 0.3 is 0 Å². The number of fused-ring (bicyclic) bond motifs is 1. The molecule has 4 nitrogen and oxygen atoms in total. The second-order valence-electron chi connectivity index (χ2n) is 6.59. The van der Waals surface area contributed by atoms with Gasteiger partial charge in [-0.1, -0.05) is 17.7 Å². The molecule has 0 spiro atoms. The van der Waals surface area contributed by atoms with E-state index in [2.05, 4.69) is 11.8 Å². The van der Waals surface area contributed by atoms with E-state index in [1.807, 2.05) is 6.92 Å². The average molecular weight is 348 g/mol. The lowest BCUT2D eigenvalue weighted by Gasteiger charge is -2.07. The maximum Gasteiger partial charge on any atom is 0.297 e. The van der Waals surface area contributed by atoms with Gasteiger partial charge in [0.2, 0.25) is 0 Å². The molecule has 24 heavy (non-hydrogen) atoms. The predicted molar refractivity (Wildman–Crippen MR) is 91.8 cm³/mol. The van der Waals surface area contributed by atoms with E-state index in [-0.39, 0.29) is 11.5 Å². The summed E-state index contributed by atoms with van der Waals surface area (Å²) >= 11 is 0. The Labute approximate surface area is 144 Å². The van der Waals surface area contributed by atoms with Crippen LogP contribution in [0.1, 0.15) is 31.2 Å². The summed E-state index contributed by atoms with van der Waals surface area (Å²) in [6.07, 6.45) is 4.33. The Morgan fingerprint density at radius 1 is 1.04 bits per heavy atom. The highest BCUT2D eigenvalue weighted by Crippen LogP contribution is 2.52. The van der Waals surface area contributed by atoms with Gasteiger partial charge in [0.1, 0.15) is 0 Å². The second-order valence-corrected chi connectivity index (χ2v) is 8.20. The van der Waals surface area contributed by atoms with Crippen molar-refractivity contribution in [3.63, 3.8) is 0 Å². The minimum Gasteiger partial charge on any atom is -0.379 e. The van der Waals surface area contributed by atoms with Gasteiger partial charge in [0.15, 0.2) is 0 Å². The van der Waals surface area contributed by atoms with Gasteiger partial charge < -0.3 is 4.74 Å². The third-order valence-corrected chi connectivity index (χ3v) is 6.25. The van der Waals surface area contributed by atoms with Crippen LogP contribution in [0.3, 0.4) is 0 Å². The standard InChI is InChI=1S/C19H24O4S/c1-15-8-10-16(11-9-15)24(20,21)23-13-12-22-14-19-17-6-4-2-3-5-7-18(17)19/h8-11,17-19H,4-7,12-14H2,1H3. The molecule has 5 heteroatoms. The Kier molecular flexibility index (Phi) is 5.60. The number of ether oxygens (including phenoxy) is 1. The summed E-state index contributed by atoms with van der Waals surface area (Å²) in [5.41, 5.74) is 1.01. The van der Waals surface area contributed by atoms with Crippen molar-refractivity contribution in [1.29, 1.82) is 0 Å². The third kappa shape index (κ3) is 4.38. The van der Waals surface area contributed by atoms with Crippen molar-refractivity contribution in [3.8, 4) is 11.8 Å². The normalized spacial score (nSPS) is 25.8. The molecule has 0 saturated heterocycles. The molecule has 0 aromatic heterocycles. The molecule has 3 rings (SSSR count). The minimum absolute atomic E-state index is 0.0569. The SMILES string of the molecule is Cc1ccc(S(=O)(=O)OCCOCC2C3CCC#CCCC32)cc1. The fourth-order valence-corrected chi connectivity index (χ4v) is 4.37. The summed E-state index contributed by atoms with van der Waals surface area (Å²) < 4.78 is 34.8. The minimum atomic E-state index is -3.69. The van der Waals surface area contributed by atoms with Crippen molar-refractivity contribution in [2.45, 2.75) is 37.5 Å². The molecule has 1 saturated carbocycles. The van der Waals surface area contributed by atoms with Crippen LogP contribution >= 0.6 is 0 Å². The third-order valence-electron chi connectivity index (χ3n) is 4.93. The van der Waals surface area contributed by atoms with Gasteiger partial charge in [-0.2, -0.15) is 8.42 Å². The van der Waals surface area contributed by atoms with Crippen molar-refractivity contribution in [3.05, 3.63) is 29.8 Å². The lowest BCUT2D eigenvalue weighted by Crippen LogP contribution is -2.12. The number of rotatable bonds is 7. The predicted octanol–water partition coefficient (Wildman–Crippen LogP) is 3.16. The first kappa shape index (κ1) is 17.5. The van der Waals surface area contributed by atoms with E-state index in [1.54, 1.807) is 24.3 Å². The van der Waals surface area contributed by atoms with Crippen LogP contribution in [0.2, 0.25) is 0 Å². The first-order valence-corrected chi connectivity index (χ1v) is 9.98. The van der Waals surface area contributed by atoms with Crippen molar-refractivity contribution >= 4 is 10.1 Å². The fraction of sp³-hybridized carbons (Fsp3) is 0.579. The van der Waals surface area contributed by atoms with Crippen LogP contribution in [0.15, 0.2) is 29.2 Å². The fourth-order valence-electron chi connectivity index (χ4n) is 3.48. The molecule has 0 N–H and O–H groups in total. The van der Waals surface area contributed by atoms with Crippen molar-refractivity contribution in [2.75, 3.05) is 19.8 Å². The van der Waals surface area contributed by atoms with E-state index in [0.29, 0.717) is 19.1 Å². The largest absolute Gasteiger partial charge is 0.379 e. The molecule has 2 unspecified atom stereocenters. The Morgan fingerprint density at radius 3 is 2.29 bits per heavy atom. The molecule has 2 aliphatic rings. The number of hydrogen-bond acceptors (Lipinski definition) is 4. The average Bonchev–Trinajstić information content (AvgIpc) is 3.16. The zero-order valence-corrected chi connectivity index (χ0v) is 14.8. The van der Waals surface area contributed by atoms with E-state index in [4.69, 9.17) is 8.92 Å². The van der Waals surface area contributed by atoms with Crippen LogP contribution < -0.4 is 0 Å². The number of hydrogen-bond donors (Lipinski definition) is 0. The zero-order chi connectivity index (χ0) is 17.0. The molecule has 0 aliphatic heterocycles. The lowest BCUT2D eigenvalue weighted by molar-refractivity contribution is 0.0896. The van der Waals surface area contributed by atoms with Gasteiger partial charge in [0, 0.05) is 12.8 Å². The Balaban J connectivity index is 1.36. The van der Waals surface area contributed by atoms with E-state index < -0.39 is 10.1 Å². The molecular formula is C19H24O4S. The van der Waals surface area contributed by atoms with Gasteiger partial charge in [0.25, 0.3) is 10.1 Å². The highest BCUT2D eigenvalue weighted by Gasteiger charge is 2.48. The molecule has 0 bridgehead atoms. The molecule has 2 atom stereocenters. The first-order valence-electron chi connectivity index (χ1n) is 8.57. The van der Waals surface area contributed by atoms with E-state index >= 15 is 0 Å². The van der Waals surface area contributed by atoms with Gasteiger partial charge in [-0.25, -0.2) is 0 Å². The van der Waals surface area contributed by atoms with Crippen LogP contribution in [-0.2, 0) is 19.0 Å². The number of aryl methyl sites for hydroxylation is 1. The van der Waals surface area contributed by atoms with Crippen molar-refractivity contribution < 1.29 is 17.3 Å². The summed E-state index contributed by atoms with van der Waals surface area (Å²) in [5, 5.41) is 0. The summed E-state index contributed by atoms with van der Waals surface area (Å²) in [4.78, 5) is 0.189. The van der Waals surface area contributed by atoms with E-state index in [0.717, 1.165) is 30.2 Å². The molecule has 1 aromatic carbocycles. The van der Waals surface area contributed by atoms with Gasteiger partial charge in [-0.3, -0.25) is 4.18 Å². The summed E-state index contributed by atoms with van der Waals surface area (Å²) in [5.74, 6) is 8.50. The summed E-state index contributed by atoms with van der Waals surface area (Å²) in [7, 11) is -3.69. The molecular weight excluding hydrogens is 324 g/mol. The van der Waals surface area contributed by atoms with Crippen LogP contribution in [0, 0.1) is 36.5 Å². The molecule has 0 radical (unpaired) electrons.